The Bertz CT molecular complexity index is 772. The number of halogens is 1. The average molecular weight is 325 g/mol. The van der Waals surface area contributed by atoms with E-state index in [1.807, 2.05) is 42.0 Å². The van der Waals surface area contributed by atoms with E-state index >= 15 is 0 Å². The smallest absolute Gasteiger partial charge is 0.129 e. The summed E-state index contributed by atoms with van der Waals surface area (Å²) in [5, 5.41) is 13.4. The van der Waals surface area contributed by atoms with Crippen molar-refractivity contribution in [3.63, 3.8) is 0 Å². The van der Waals surface area contributed by atoms with Gasteiger partial charge >= 0.3 is 0 Å². The molecule has 0 unspecified atom stereocenters. The summed E-state index contributed by atoms with van der Waals surface area (Å²) in [6.07, 6.45) is 4.50. The van der Waals surface area contributed by atoms with Crippen molar-refractivity contribution in [3.8, 4) is 5.69 Å². The highest BCUT2D eigenvalue weighted by Gasteiger charge is 2.14. The Kier molecular flexibility index (Phi) is 5.03. The molecular weight excluding hydrogens is 305 g/mol. The van der Waals surface area contributed by atoms with Gasteiger partial charge in [-0.25, -0.2) is 9.37 Å². The molecule has 0 saturated carbocycles. The molecular formula is C19H20FN3O. The van der Waals surface area contributed by atoms with Gasteiger partial charge in [-0.2, -0.15) is 0 Å². The van der Waals surface area contributed by atoms with Crippen LogP contribution in [0.5, 0.6) is 0 Å². The summed E-state index contributed by atoms with van der Waals surface area (Å²) in [6.45, 7) is 2.30. The van der Waals surface area contributed by atoms with E-state index in [2.05, 4.69) is 10.3 Å². The van der Waals surface area contributed by atoms with Crippen molar-refractivity contribution in [1.82, 2.24) is 14.9 Å². The number of hydrogen-bond donors (Lipinski definition) is 2. The van der Waals surface area contributed by atoms with Crippen molar-refractivity contribution in [2.24, 2.45) is 0 Å². The molecule has 3 aromatic rings. The molecule has 1 heterocycles. The Morgan fingerprint density at radius 3 is 2.58 bits per heavy atom. The summed E-state index contributed by atoms with van der Waals surface area (Å²) < 4.78 is 15.6. The first-order valence-corrected chi connectivity index (χ1v) is 7.89. The predicted octanol–water partition coefficient (Wildman–Crippen LogP) is 3.40. The van der Waals surface area contributed by atoms with Gasteiger partial charge in [-0.1, -0.05) is 30.3 Å². The average Bonchev–Trinajstić information content (AvgIpc) is 3.14. The Morgan fingerprint density at radius 1 is 1.17 bits per heavy atom. The van der Waals surface area contributed by atoms with Crippen molar-refractivity contribution in [3.05, 3.63) is 84.2 Å². The molecule has 5 heteroatoms. The molecule has 0 spiro atoms. The zero-order valence-corrected chi connectivity index (χ0v) is 13.4. The van der Waals surface area contributed by atoms with Gasteiger partial charge in [-0.3, -0.25) is 0 Å². The van der Waals surface area contributed by atoms with Gasteiger partial charge in [0.05, 0.1) is 12.4 Å². The van der Waals surface area contributed by atoms with Gasteiger partial charge in [0.25, 0.3) is 0 Å². The van der Waals surface area contributed by atoms with Crippen molar-refractivity contribution in [2.75, 3.05) is 6.54 Å². The van der Waals surface area contributed by atoms with Crippen LogP contribution in [0.15, 0.2) is 67.3 Å². The fourth-order valence-electron chi connectivity index (χ4n) is 2.61. The second-order valence-electron chi connectivity index (χ2n) is 5.73. The monoisotopic (exact) mass is 325 g/mol. The number of aliphatic hydroxyl groups excluding tert-OH is 1. The van der Waals surface area contributed by atoms with Crippen LogP contribution in [0, 0.1) is 5.82 Å². The van der Waals surface area contributed by atoms with Gasteiger partial charge in [0.1, 0.15) is 5.82 Å². The fourth-order valence-corrected chi connectivity index (χ4v) is 2.61. The van der Waals surface area contributed by atoms with Crippen molar-refractivity contribution >= 4 is 0 Å². The zero-order chi connectivity index (χ0) is 16.9. The van der Waals surface area contributed by atoms with Gasteiger partial charge in [-0.05, 0) is 30.7 Å². The maximum atomic E-state index is 13.7. The van der Waals surface area contributed by atoms with Gasteiger partial charge in [0, 0.05) is 36.2 Å². The summed E-state index contributed by atoms with van der Waals surface area (Å²) >= 11 is 0. The number of aliphatic hydroxyl groups is 1. The third-order valence-corrected chi connectivity index (χ3v) is 4.08. The molecule has 1 aromatic heterocycles. The van der Waals surface area contributed by atoms with Crippen molar-refractivity contribution in [2.45, 2.75) is 19.1 Å². The Labute approximate surface area is 140 Å². The molecule has 4 nitrogen and oxygen atoms in total. The number of aromatic nitrogens is 2. The fraction of sp³-hybridized carbons (Fsp3) is 0.211. The SMILES string of the molecule is C[C@H](NC[C@H](O)c1ccccc1F)c1ccc(-n2ccnc2)cc1. The maximum Gasteiger partial charge on any atom is 0.129 e. The molecule has 0 bridgehead atoms. The minimum absolute atomic E-state index is 0.0447. The topological polar surface area (TPSA) is 50.1 Å². The standard InChI is InChI=1S/C19H20FN3O/c1-14(22-12-19(24)17-4-2-3-5-18(17)20)15-6-8-16(9-7-15)23-11-10-21-13-23/h2-11,13-14,19,22,24H,12H2,1H3/t14-,19-/m0/s1. The lowest BCUT2D eigenvalue weighted by molar-refractivity contribution is 0.166. The molecule has 0 fully saturated rings. The number of benzene rings is 2. The molecule has 2 N–H and O–H groups in total. The summed E-state index contributed by atoms with van der Waals surface area (Å²) in [4.78, 5) is 4.03. The number of hydrogen-bond acceptors (Lipinski definition) is 3. The first kappa shape index (κ1) is 16.4. The third kappa shape index (κ3) is 3.69. The van der Waals surface area contributed by atoms with Crippen LogP contribution in [0.3, 0.4) is 0 Å². The molecule has 2 aromatic carbocycles. The van der Waals surface area contributed by atoms with Gasteiger partial charge < -0.3 is 15.0 Å². The molecule has 0 radical (unpaired) electrons. The first-order chi connectivity index (χ1) is 11.6. The van der Waals surface area contributed by atoms with E-state index < -0.39 is 6.10 Å². The van der Waals surface area contributed by atoms with Crippen LogP contribution in [0.2, 0.25) is 0 Å². The van der Waals surface area contributed by atoms with Crippen LogP contribution in [0.1, 0.15) is 30.2 Å². The number of imidazole rings is 1. The first-order valence-electron chi connectivity index (χ1n) is 7.89. The second kappa shape index (κ2) is 7.38. The minimum Gasteiger partial charge on any atom is -0.387 e. The van der Waals surface area contributed by atoms with E-state index in [9.17, 15) is 9.50 Å². The molecule has 0 aliphatic carbocycles. The molecule has 0 aliphatic heterocycles. The lowest BCUT2D eigenvalue weighted by Gasteiger charge is -2.18. The summed E-state index contributed by atoms with van der Waals surface area (Å²) in [6, 6.07) is 14.4. The van der Waals surface area contributed by atoms with Crippen LogP contribution >= 0.6 is 0 Å². The summed E-state index contributed by atoms with van der Waals surface area (Å²) in [5.74, 6) is -0.385. The highest BCUT2D eigenvalue weighted by Crippen LogP contribution is 2.19. The van der Waals surface area contributed by atoms with Crippen LogP contribution in [-0.4, -0.2) is 21.2 Å². The van der Waals surface area contributed by atoms with Gasteiger partial charge in [0.2, 0.25) is 0 Å². The van der Waals surface area contributed by atoms with Crippen LogP contribution in [0.25, 0.3) is 5.69 Å². The van der Waals surface area contributed by atoms with E-state index in [-0.39, 0.29) is 18.4 Å². The molecule has 0 amide bonds. The number of nitrogens with one attached hydrogen (secondary N) is 1. The predicted molar refractivity (Wildman–Crippen MR) is 91.3 cm³/mol. The maximum absolute atomic E-state index is 13.7. The van der Waals surface area contributed by atoms with Gasteiger partial charge in [-0.15, -0.1) is 0 Å². The van der Waals surface area contributed by atoms with E-state index in [0.29, 0.717) is 5.56 Å². The highest BCUT2D eigenvalue weighted by atomic mass is 19.1. The molecule has 0 saturated heterocycles. The summed E-state index contributed by atoms with van der Waals surface area (Å²) in [7, 11) is 0. The Hall–Kier alpha value is -2.50. The van der Waals surface area contributed by atoms with E-state index in [1.54, 1.807) is 30.7 Å². The largest absolute Gasteiger partial charge is 0.387 e. The third-order valence-electron chi connectivity index (χ3n) is 4.08. The van der Waals surface area contributed by atoms with E-state index in [1.165, 1.54) is 6.07 Å². The van der Waals surface area contributed by atoms with Crippen LogP contribution in [0.4, 0.5) is 4.39 Å². The van der Waals surface area contributed by atoms with Crippen molar-refractivity contribution < 1.29 is 9.50 Å². The molecule has 3 rings (SSSR count). The van der Waals surface area contributed by atoms with E-state index in [4.69, 9.17) is 0 Å². The molecule has 24 heavy (non-hydrogen) atoms. The quantitative estimate of drug-likeness (QED) is 0.730. The summed E-state index contributed by atoms with van der Waals surface area (Å²) in [5.41, 5.74) is 2.45. The minimum atomic E-state index is -0.876. The van der Waals surface area contributed by atoms with Gasteiger partial charge in [0.15, 0.2) is 0 Å². The van der Waals surface area contributed by atoms with E-state index in [0.717, 1.165) is 11.3 Å². The lowest BCUT2D eigenvalue weighted by atomic mass is 10.1. The highest BCUT2D eigenvalue weighted by molar-refractivity contribution is 5.35. The number of rotatable bonds is 6. The lowest BCUT2D eigenvalue weighted by Crippen LogP contribution is -2.25. The molecule has 0 aliphatic rings. The van der Waals surface area contributed by atoms with Crippen LogP contribution < -0.4 is 5.32 Å². The molecule has 124 valence electrons. The van der Waals surface area contributed by atoms with Crippen molar-refractivity contribution in [1.29, 1.82) is 0 Å². The normalized spacial score (nSPS) is 13.6. The Morgan fingerprint density at radius 2 is 1.92 bits per heavy atom. The zero-order valence-electron chi connectivity index (χ0n) is 13.4. The van der Waals surface area contributed by atoms with Crippen LogP contribution in [-0.2, 0) is 0 Å². The number of nitrogens with zero attached hydrogens (tertiary/aromatic N) is 2. The second-order valence-corrected chi connectivity index (χ2v) is 5.73. The molecule has 2 atom stereocenters. The Balaban J connectivity index is 1.61.